The van der Waals surface area contributed by atoms with Crippen molar-refractivity contribution < 1.29 is 59.7 Å². The van der Waals surface area contributed by atoms with Crippen LogP contribution < -0.4 is 9.47 Å². The fourth-order valence-electron chi connectivity index (χ4n) is 2.90. The molecule has 12 heteroatoms. The van der Waals surface area contributed by atoms with Gasteiger partial charge < -0.3 is 9.47 Å². The third-order valence-electron chi connectivity index (χ3n) is 4.42. The van der Waals surface area contributed by atoms with Crippen LogP contribution in [0.4, 0.5) is 30.7 Å². The molecule has 0 heterocycles. The number of benzene rings is 4. The molecule has 0 fully saturated rings. The Hall–Kier alpha value is -3.16. The zero-order valence-corrected chi connectivity index (χ0v) is 24.1. The molecule has 0 atom stereocenters. The zero-order chi connectivity index (χ0) is 27.6. The summed E-state index contributed by atoms with van der Waals surface area (Å²) in [6.45, 7) is 1.43. The minimum atomic E-state index is -4.63. The maximum absolute atomic E-state index is 13.1. The Morgan fingerprint density at radius 2 is 1.13 bits per heavy atom. The SMILES string of the molecule is CC#N.FC(F)(Br)C(F)(F)Oc1cccc2ccccc12.FC(F)=C(F)Oc1cccc2ccccc12.[Zn]. The number of hydrogen-bond donors (Lipinski definition) is 0. The topological polar surface area (TPSA) is 42.2 Å². The van der Waals surface area contributed by atoms with E-state index in [1.165, 1.54) is 31.2 Å². The van der Waals surface area contributed by atoms with E-state index in [1.807, 2.05) is 0 Å². The molecule has 0 spiro atoms. The van der Waals surface area contributed by atoms with Crippen LogP contribution in [0.25, 0.3) is 21.5 Å². The molecule has 4 rings (SSSR count). The van der Waals surface area contributed by atoms with Crippen LogP contribution >= 0.6 is 15.9 Å². The summed E-state index contributed by atoms with van der Waals surface area (Å²) in [4.78, 5) is -4.43. The number of alkyl halides is 5. The number of fused-ring (bicyclic) bond motifs is 2. The van der Waals surface area contributed by atoms with Crippen molar-refractivity contribution in [1.29, 1.82) is 5.26 Å². The summed E-state index contributed by atoms with van der Waals surface area (Å²) in [5.41, 5.74) is 0. The third-order valence-corrected chi connectivity index (χ3v) is 4.88. The molecule has 0 aliphatic rings. The van der Waals surface area contributed by atoms with Crippen molar-refractivity contribution in [3.63, 3.8) is 0 Å². The quantitative estimate of drug-likeness (QED) is 0.0933. The second kappa shape index (κ2) is 14.7. The smallest absolute Gasteiger partial charge is 0.427 e. The van der Waals surface area contributed by atoms with Gasteiger partial charge in [0.15, 0.2) is 0 Å². The van der Waals surface area contributed by atoms with Gasteiger partial charge in [-0.05, 0) is 22.9 Å². The van der Waals surface area contributed by atoms with Gasteiger partial charge in [-0.2, -0.15) is 36.0 Å². The van der Waals surface area contributed by atoms with E-state index in [4.69, 9.17) is 5.26 Å². The number of ether oxygens (including phenoxy) is 2. The molecule has 0 bridgehead atoms. The minimum absolute atomic E-state index is 0. The number of nitrogens with zero attached hydrogens (tertiary/aromatic N) is 1. The summed E-state index contributed by atoms with van der Waals surface area (Å²) in [5.74, 6) is -0.222. The first-order valence-electron chi connectivity index (χ1n) is 10.2. The van der Waals surface area contributed by atoms with Crippen LogP contribution in [0.3, 0.4) is 0 Å². The Morgan fingerprint density at radius 1 is 0.737 bits per heavy atom. The molecular weight excluding hydrogens is 637 g/mol. The average Bonchev–Trinajstić information content (AvgIpc) is 2.84. The Kier molecular flexibility index (Phi) is 12.7. The Morgan fingerprint density at radius 3 is 1.58 bits per heavy atom. The number of hydrogen-bond acceptors (Lipinski definition) is 3. The predicted molar refractivity (Wildman–Crippen MR) is 130 cm³/mol. The summed E-state index contributed by atoms with van der Waals surface area (Å²) in [7, 11) is 0. The first kappa shape index (κ1) is 32.9. The van der Waals surface area contributed by atoms with Gasteiger partial charge in [-0.25, -0.2) is 0 Å². The van der Waals surface area contributed by atoms with Gasteiger partial charge in [-0.1, -0.05) is 72.8 Å². The Bertz CT molecular complexity index is 1410. The monoisotopic (exact) mass is 651 g/mol. The number of rotatable bonds is 5. The van der Waals surface area contributed by atoms with Gasteiger partial charge in [0.2, 0.25) is 0 Å². The van der Waals surface area contributed by atoms with E-state index in [0.717, 1.165) is 5.39 Å². The normalized spacial score (nSPS) is 10.5. The van der Waals surface area contributed by atoms with Crippen LogP contribution in [0.1, 0.15) is 6.92 Å². The summed E-state index contributed by atoms with van der Waals surface area (Å²) in [6.07, 6.45) is -7.09. The van der Waals surface area contributed by atoms with Crippen LogP contribution in [-0.4, -0.2) is 10.9 Å². The van der Waals surface area contributed by atoms with Crippen molar-refractivity contribution in [3.05, 3.63) is 97.0 Å². The summed E-state index contributed by atoms with van der Waals surface area (Å²) >= 11 is 1.61. The zero-order valence-electron chi connectivity index (χ0n) is 19.6. The van der Waals surface area contributed by atoms with E-state index in [1.54, 1.807) is 82.7 Å². The molecule has 196 valence electrons. The van der Waals surface area contributed by atoms with E-state index in [-0.39, 0.29) is 31.0 Å². The van der Waals surface area contributed by atoms with E-state index in [0.29, 0.717) is 16.2 Å². The van der Waals surface area contributed by atoms with Gasteiger partial charge in [0.1, 0.15) is 11.5 Å². The van der Waals surface area contributed by atoms with Crippen LogP contribution in [-0.2, 0) is 19.5 Å². The fourth-order valence-corrected chi connectivity index (χ4v) is 2.98. The first-order valence-corrected chi connectivity index (χ1v) is 11.0. The summed E-state index contributed by atoms with van der Waals surface area (Å²) in [5, 5.41) is 9.67. The molecule has 0 aliphatic heterocycles. The van der Waals surface area contributed by atoms with Crippen molar-refractivity contribution in [2.45, 2.75) is 17.9 Å². The van der Waals surface area contributed by atoms with E-state index in [9.17, 15) is 30.7 Å². The molecule has 0 aliphatic carbocycles. The van der Waals surface area contributed by atoms with Crippen molar-refractivity contribution in [1.82, 2.24) is 0 Å². The number of halogens is 8. The van der Waals surface area contributed by atoms with Crippen LogP contribution in [0.2, 0.25) is 0 Å². The molecule has 38 heavy (non-hydrogen) atoms. The summed E-state index contributed by atoms with van der Waals surface area (Å²) in [6, 6.07) is 22.6. The van der Waals surface area contributed by atoms with Crippen molar-refractivity contribution in [3.8, 4) is 17.6 Å². The van der Waals surface area contributed by atoms with Crippen LogP contribution in [0.15, 0.2) is 97.0 Å². The average molecular weight is 654 g/mol. The maximum atomic E-state index is 13.1. The molecule has 0 saturated carbocycles. The van der Waals surface area contributed by atoms with E-state index in [2.05, 4.69) is 9.47 Å². The van der Waals surface area contributed by atoms with Gasteiger partial charge in [0, 0.05) is 53.1 Å². The third kappa shape index (κ3) is 9.00. The molecule has 4 aromatic carbocycles. The standard InChI is InChI=1S/C12H7BrF4O.C12H7F3O.C2H3N.Zn/c13-11(14,15)12(16,17)18-10-7-3-5-8-4-1-2-6-9(8)10;13-11(14)12(15)16-10-7-3-5-8-4-1-2-6-9(8)10;1-2-3;/h1-7H;1-7H;1H3;. The van der Waals surface area contributed by atoms with E-state index < -0.39 is 23.0 Å². The van der Waals surface area contributed by atoms with Gasteiger partial charge >= 0.3 is 23.0 Å². The molecule has 0 saturated heterocycles. The Balaban J connectivity index is 0.000000338. The molecule has 0 amide bonds. The van der Waals surface area contributed by atoms with Crippen LogP contribution in [0, 0.1) is 11.3 Å². The molecule has 0 radical (unpaired) electrons. The van der Waals surface area contributed by atoms with E-state index >= 15 is 0 Å². The maximum Gasteiger partial charge on any atom is 0.475 e. The largest absolute Gasteiger partial charge is 0.475 e. The molecule has 0 aromatic heterocycles. The van der Waals surface area contributed by atoms with Crippen LogP contribution in [0.5, 0.6) is 11.5 Å². The molecule has 3 nitrogen and oxygen atoms in total. The second-order valence-corrected chi connectivity index (χ2v) is 7.93. The van der Waals surface area contributed by atoms with Crippen molar-refractivity contribution in [2.75, 3.05) is 0 Å². The Labute approximate surface area is 234 Å². The fraction of sp³-hybridized carbons (Fsp3) is 0.115. The second-order valence-electron chi connectivity index (χ2n) is 6.93. The van der Waals surface area contributed by atoms with Gasteiger partial charge in [-0.3, -0.25) is 0 Å². The van der Waals surface area contributed by atoms with Gasteiger partial charge in [-0.15, -0.1) is 0 Å². The van der Waals surface area contributed by atoms with Gasteiger partial charge in [0.25, 0.3) is 0 Å². The molecule has 0 N–H and O–H groups in total. The molecule has 4 aromatic rings. The minimum Gasteiger partial charge on any atom is -0.427 e. The number of nitriles is 1. The predicted octanol–water partition coefficient (Wildman–Crippen LogP) is 9.58. The summed E-state index contributed by atoms with van der Waals surface area (Å²) < 4.78 is 96.5. The molecule has 0 unspecified atom stereocenters. The molecular formula is C26H17BrF7NO2Zn. The van der Waals surface area contributed by atoms with Crippen molar-refractivity contribution in [2.24, 2.45) is 0 Å². The van der Waals surface area contributed by atoms with Crippen molar-refractivity contribution >= 4 is 37.5 Å². The van der Waals surface area contributed by atoms with Gasteiger partial charge in [0.05, 0.1) is 6.07 Å². The first-order chi connectivity index (χ1) is 17.4.